The summed E-state index contributed by atoms with van der Waals surface area (Å²) in [7, 11) is 1.53. The van der Waals surface area contributed by atoms with Crippen LogP contribution in [0.2, 0.25) is 0 Å². The zero-order valence-electron chi connectivity index (χ0n) is 15.6. The maximum atomic E-state index is 12.3. The summed E-state index contributed by atoms with van der Waals surface area (Å²) in [4.78, 5) is 12.3. The summed E-state index contributed by atoms with van der Waals surface area (Å²) in [5.41, 5.74) is 1.90. The van der Waals surface area contributed by atoms with Crippen LogP contribution in [0, 0.1) is 11.3 Å². The van der Waals surface area contributed by atoms with Crippen LogP contribution in [-0.4, -0.2) is 19.6 Å². The molecule has 1 atom stereocenters. The van der Waals surface area contributed by atoms with Crippen LogP contribution in [0.1, 0.15) is 36.9 Å². The summed E-state index contributed by atoms with van der Waals surface area (Å²) >= 11 is 0. The van der Waals surface area contributed by atoms with Gasteiger partial charge in [0.05, 0.1) is 13.2 Å². The van der Waals surface area contributed by atoms with Crippen molar-refractivity contribution in [1.82, 2.24) is 5.32 Å². The van der Waals surface area contributed by atoms with Crippen LogP contribution in [-0.2, 0) is 4.79 Å². The molecule has 2 rings (SSSR count). The minimum atomic E-state index is -0.152. The average Bonchev–Trinajstić information content (AvgIpc) is 2.71. The van der Waals surface area contributed by atoms with E-state index in [1.165, 1.54) is 13.2 Å². The van der Waals surface area contributed by atoms with Crippen LogP contribution in [0.5, 0.6) is 11.5 Å². The maximum Gasteiger partial charge on any atom is 0.244 e. The van der Waals surface area contributed by atoms with Gasteiger partial charge in [-0.25, -0.2) is 0 Å². The molecule has 0 fully saturated rings. The van der Waals surface area contributed by atoms with Gasteiger partial charge in [0, 0.05) is 6.08 Å². The lowest BCUT2D eigenvalue weighted by Gasteiger charge is -2.17. The highest BCUT2D eigenvalue weighted by Crippen LogP contribution is 2.28. The number of hydrogen-bond donors (Lipinski definition) is 1. The van der Waals surface area contributed by atoms with Gasteiger partial charge in [0.2, 0.25) is 5.91 Å². The summed E-state index contributed by atoms with van der Waals surface area (Å²) in [6.45, 7) is 2.05. The van der Waals surface area contributed by atoms with Crippen molar-refractivity contribution in [3.8, 4) is 17.6 Å². The SMILES string of the molecule is CCCC(NC(=O)/C=C/c1ccc(OCC#N)c(OC)c1)c1ccccc1. The molecule has 0 heterocycles. The van der Waals surface area contributed by atoms with Gasteiger partial charge in [0.1, 0.15) is 6.07 Å². The number of nitriles is 1. The topological polar surface area (TPSA) is 71.3 Å². The third-order valence-corrected chi connectivity index (χ3v) is 4.00. The van der Waals surface area contributed by atoms with Crippen molar-refractivity contribution < 1.29 is 14.3 Å². The second-order valence-electron chi connectivity index (χ2n) is 5.95. The number of benzene rings is 2. The summed E-state index contributed by atoms with van der Waals surface area (Å²) in [6.07, 6.45) is 5.09. The number of carbonyl (C=O) groups excluding carboxylic acids is 1. The van der Waals surface area contributed by atoms with Gasteiger partial charge in [-0.3, -0.25) is 4.79 Å². The van der Waals surface area contributed by atoms with Gasteiger partial charge < -0.3 is 14.8 Å². The summed E-state index contributed by atoms with van der Waals surface area (Å²) in [6, 6.07) is 17.2. The molecule has 0 aromatic heterocycles. The van der Waals surface area contributed by atoms with Crippen LogP contribution in [0.4, 0.5) is 0 Å². The molecule has 0 aliphatic carbocycles. The van der Waals surface area contributed by atoms with Gasteiger partial charge in [-0.15, -0.1) is 0 Å². The zero-order chi connectivity index (χ0) is 19.5. The predicted molar refractivity (Wildman–Crippen MR) is 105 cm³/mol. The average molecular weight is 364 g/mol. The first kappa shape index (κ1) is 20.1. The van der Waals surface area contributed by atoms with Gasteiger partial charge in [-0.2, -0.15) is 5.26 Å². The summed E-state index contributed by atoms with van der Waals surface area (Å²) in [5.74, 6) is 0.856. The van der Waals surface area contributed by atoms with Gasteiger partial charge in [-0.05, 0) is 35.8 Å². The van der Waals surface area contributed by atoms with Crippen LogP contribution in [0.25, 0.3) is 6.08 Å². The lowest BCUT2D eigenvalue weighted by atomic mass is 10.0. The van der Waals surface area contributed by atoms with Gasteiger partial charge in [0.25, 0.3) is 0 Å². The molecule has 1 amide bonds. The Kier molecular flexibility index (Phi) is 7.92. The van der Waals surface area contributed by atoms with E-state index in [1.54, 1.807) is 24.3 Å². The van der Waals surface area contributed by atoms with E-state index in [0.29, 0.717) is 11.5 Å². The predicted octanol–water partition coefficient (Wildman–Crippen LogP) is 4.27. The van der Waals surface area contributed by atoms with Crippen molar-refractivity contribution in [2.45, 2.75) is 25.8 Å². The second kappa shape index (κ2) is 10.7. The summed E-state index contributed by atoms with van der Waals surface area (Å²) in [5, 5.41) is 11.7. The number of nitrogens with one attached hydrogen (secondary N) is 1. The van der Waals surface area contributed by atoms with Crippen molar-refractivity contribution in [2.24, 2.45) is 0 Å². The molecule has 0 saturated heterocycles. The minimum Gasteiger partial charge on any atom is -0.493 e. The Morgan fingerprint density at radius 1 is 1.22 bits per heavy atom. The number of nitrogens with zero attached hydrogens (tertiary/aromatic N) is 1. The molecule has 27 heavy (non-hydrogen) atoms. The first-order chi connectivity index (χ1) is 13.2. The number of carbonyl (C=O) groups is 1. The zero-order valence-corrected chi connectivity index (χ0v) is 15.6. The Labute approximate surface area is 160 Å². The monoisotopic (exact) mass is 364 g/mol. The van der Waals surface area contributed by atoms with E-state index in [4.69, 9.17) is 14.7 Å². The molecule has 0 radical (unpaired) electrons. The van der Waals surface area contributed by atoms with E-state index in [-0.39, 0.29) is 18.6 Å². The van der Waals surface area contributed by atoms with Crippen LogP contribution < -0.4 is 14.8 Å². The van der Waals surface area contributed by atoms with Gasteiger partial charge in [-0.1, -0.05) is 49.7 Å². The number of amides is 1. The molecule has 1 unspecified atom stereocenters. The number of rotatable bonds is 9. The first-order valence-electron chi connectivity index (χ1n) is 8.89. The largest absolute Gasteiger partial charge is 0.493 e. The van der Waals surface area contributed by atoms with E-state index < -0.39 is 0 Å². The summed E-state index contributed by atoms with van der Waals surface area (Å²) < 4.78 is 10.6. The standard InChI is InChI=1S/C22H24N2O3/c1-3-7-19(18-8-5-4-6-9-18)24-22(25)13-11-17-10-12-20(27-15-14-23)21(16-17)26-2/h4-6,8-13,16,19H,3,7,15H2,1-2H3,(H,24,25)/b13-11+. The molecule has 0 spiro atoms. The number of hydrogen-bond acceptors (Lipinski definition) is 4. The van der Waals surface area contributed by atoms with Crippen molar-refractivity contribution >= 4 is 12.0 Å². The Balaban J connectivity index is 2.05. The second-order valence-corrected chi connectivity index (χ2v) is 5.95. The van der Waals surface area contributed by atoms with E-state index in [0.717, 1.165) is 24.0 Å². The Bertz CT molecular complexity index is 810. The Morgan fingerprint density at radius 2 is 2.00 bits per heavy atom. The van der Waals surface area contributed by atoms with Crippen molar-refractivity contribution in [3.05, 3.63) is 65.7 Å². The quantitative estimate of drug-likeness (QED) is 0.675. The van der Waals surface area contributed by atoms with Gasteiger partial charge in [0.15, 0.2) is 18.1 Å². The molecule has 0 aliphatic heterocycles. The molecule has 2 aromatic carbocycles. The van der Waals surface area contributed by atoms with Crippen LogP contribution in [0.15, 0.2) is 54.6 Å². The molecule has 1 N–H and O–H groups in total. The van der Waals surface area contributed by atoms with Gasteiger partial charge >= 0.3 is 0 Å². The molecule has 5 heteroatoms. The molecule has 0 saturated carbocycles. The normalized spacial score (nSPS) is 11.6. The van der Waals surface area contributed by atoms with E-state index in [1.807, 2.05) is 36.4 Å². The minimum absolute atomic E-state index is 0.00959. The van der Waals surface area contributed by atoms with E-state index in [9.17, 15) is 4.79 Å². The van der Waals surface area contributed by atoms with Crippen molar-refractivity contribution in [1.29, 1.82) is 5.26 Å². The highest BCUT2D eigenvalue weighted by atomic mass is 16.5. The molecule has 2 aromatic rings. The van der Waals surface area contributed by atoms with E-state index in [2.05, 4.69) is 12.2 Å². The lowest BCUT2D eigenvalue weighted by Crippen LogP contribution is -2.26. The fourth-order valence-corrected chi connectivity index (χ4v) is 2.71. The maximum absolute atomic E-state index is 12.3. The fourth-order valence-electron chi connectivity index (χ4n) is 2.71. The Hall–Kier alpha value is -3.26. The molecule has 5 nitrogen and oxygen atoms in total. The molecule has 0 aliphatic rings. The first-order valence-corrected chi connectivity index (χ1v) is 8.89. The number of methoxy groups -OCH3 is 1. The highest BCUT2D eigenvalue weighted by Gasteiger charge is 2.12. The highest BCUT2D eigenvalue weighted by molar-refractivity contribution is 5.92. The van der Waals surface area contributed by atoms with Crippen molar-refractivity contribution in [3.63, 3.8) is 0 Å². The molecule has 0 bridgehead atoms. The molecular formula is C22H24N2O3. The fraction of sp³-hybridized carbons (Fsp3) is 0.273. The Morgan fingerprint density at radius 3 is 2.67 bits per heavy atom. The smallest absolute Gasteiger partial charge is 0.244 e. The molecular weight excluding hydrogens is 340 g/mol. The lowest BCUT2D eigenvalue weighted by molar-refractivity contribution is -0.117. The van der Waals surface area contributed by atoms with Crippen LogP contribution in [0.3, 0.4) is 0 Å². The van der Waals surface area contributed by atoms with Crippen molar-refractivity contribution in [2.75, 3.05) is 13.7 Å². The van der Waals surface area contributed by atoms with E-state index >= 15 is 0 Å². The number of ether oxygens (including phenoxy) is 2. The third kappa shape index (κ3) is 6.19. The third-order valence-electron chi connectivity index (χ3n) is 4.00. The molecule has 140 valence electrons. The van der Waals surface area contributed by atoms with Crippen LogP contribution >= 0.6 is 0 Å².